The second kappa shape index (κ2) is 7.43. The average molecular weight is 586 g/mol. The lowest BCUT2D eigenvalue weighted by Gasteiger charge is -2.33. The standard InChI is InChI=1S/C33H30Br2/c1-31(2,3)19-7-11-23-25-13-9-21(34)17-29(25)33(27(23)15-19)28-16-20(32(4,5)6)8-12-24(28)26-14-10-22(35)18-30(26)33/h7-18H,1-6H3. The molecule has 176 valence electrons. The first-order valence-corrected chi connectivity index (χ1v) is 13.9. The Bertz CT molecular complexity index is 1410. The second-order valence-electron chi connectivity index (χ2n) is 12.2. The zero-order valence-electron chi connectivity index (χ0n) is 21.2. The fourth-order valence-electron chi connectivity index (χ4n) is 6.11. The largest absolute Gasteiger partial charge is 0.0726 e. The minimum atomic E-state index is -0.342. The van der Waals surface area contributed by atoms with Gasteiger partial charge in [-0.3, -0.25) is 0 Å². The molecule has 2 aliphatic rings. The van der Waals surface area contributed by atoms with Crippen LogP contribution >= 0.6 is 31.9 Å². The van der Waals surface area contributed by atoms with Gasteiger partial charge in [-0.15, -0.1) is 0 Å². The van der Waals surface area contributed by atoms with E-state index in [0.29, 0.717) is 0 Å². The quantitative estimate of drug-likeness (QED) is 0.166. The Balaban J connectivity index is 1.83. The van der Waals surface area contributed by atoms with Gasteiger partial charge in [-0.05, 0) is 90.7 Å². The van der Waals surface area contributed by atoms with Crippen LogP contribution in [0.25, 0.3) is 22.3 Å². The van der Waals surface area contributed by atoms with E-state index in [1.165, 1.54) is 55.6 Å². The van der Waals surface area contributed by atoms with E-state index in [2.05, 4.69) is 146 Å². The summed E-state index contributed by atoms with van der Waals surface area (Å²) in [4.78, 5) is 0. The lowest BCUT2D eigenvalue weighted by molar-refractivity contribution is 0.586. The van der Waals surface area contributed by atoms with Gasteiger partial charge in [0.05, 0.1) is 5.41 Å². The molecule has 0 heterocycles. The van der Waals surface area contributed by atoms with Crippen LogP contribution in [0, 0.1) is 0 Å². The summed E-state index contributed by atoms with van der Waals surface area (Å²) in [7, 11) is 0. The molecule has 0 saturated carbocycles. The molecular formula is C33H30Br2. The Morgan fingerprint density at radius 1 is 0.457 bits per heavy atom. The molecular weight excluding hydrogens is 556 g/mol. The summed E-state index contributed by atoms with van der Waals surface area (Å²) in [6, 6.07) is 28.0. The van der Waals surface area contributed by atoms with Crippen molar-refractivity contribution < 1.29 is 0 Å². The lowest BCUT2D eigenvalue weighted by Crippen LogP contribution is -2.27. The minimum Gasteiger partial charge on any atom is -0.0579 e. The maximum absolute atomic E-state index is 3.82. The van der Waals surface area contributed by atoms with Gasteiger partial charge >= 0.3 is 0 Å². The van der Waals surface area contributed by atoms with E-state index in [9.17, 15) is 0 Å². The van der Waals surface area contributed by atoms with Crippen molar-refractivity contribution in [2.45, 2.75) is 57.8 Å². The zero-order chi connectivity index (χ0) is 24.9. The highest BCUT2D eigenvalue weighted by molar-refractivity contribution is 9.10. The fraction of sp³-hybridized carbons (Fsp3) is 0.273. The summed E-state index contributed by atoms with van der Waals surface area (Å²) in [6.07, 6.45) is 0. The molecule has 1 spiro atoms. The van der Waals surface area contributed by atoms with Crippen LogP contribution < -0.4 is 0 Å². The van der Waals surface area contributed by atoms with Crippen molar-refractivity contribution in [1.82, 2.24) is 0 Å². The van der Waals surface area contributed by atoms with Crippen LogP contribution in [0.3, 0.4) is 0 Å². The SMILES string of the molecule is CC(C)(C)c1ccc2c(c1)C1(c3cc(Br)ccc3-2)c2cc(Br)ccc2-c2ccc(C(C)(C)C)cc21. The maximum atomic E-state index is 3.82. The van der Waals surface area contributed by atoms with E-state index in [1.807, 2.05) is 0 Å². The zero-order valence-corrected chi connectivity index (χ0v) is 24.4. The summed E-state index contributed by atoms with van der Waals surface area (Å²) in [5, 5.41) is 0. The Kier molecular flexibility index (Phi) is 4.94. The highest BCUT2D eigenvalue weighted by Crippen LogP contribution is 2.64. The van der Waals surface area contributed by atoms with Gasteiger partial charge in [0.25, 0.3) is 0 Å². The predicted octanol–water partition coefficient (Wildman–Crippen LogP) is 10.2. The van der Waals surface area contributed by atoms with Crippen LogP contribution in [0.5, 0.6) is 0 Å². The van der Waals surface area contributed by atoms with Crippen molar-refractivity contribution in [3.8, 4) is 22.3 Å². The Morgan fingerprint density at radius 2 is 0.771 bits per heavy atom. The van der Waals surface area contributed by atoms with Crippen molar-refractivity contribution in [1.29, 1.82) is 0 Å². The molecule has 35 heavy (non-hydrogen) atoms. The van der Waals surface area contributed by atoms with Gasteiger partial charge in [0.2, 0.25) is 0 Å². The van der Waals surface area contributed by atoms with Crippen molar-refractivity contribution in [3.63, 3.8) is 0 Å². The molecule has 2 heteroatoms. The molecule has 0 bridgehead atoms. The molecule has 6 rings (SSSR count). The second-order valence-corrected chi connectivity index (χ2v) is 14.0. The first kappa shape index (κ1) is 23.3. The van der Waals surface area contributed by atoms with E-state index in [0.717, 1.165) is 8.95 Å². The first-order chi connectivity index (χ1) is 16.4. The number of fused-ring (bicyclic) bond motifs is 10. The molecule has 0 atom stereocenters. The summed E-state index contributed by atoms with van der Waals surface area (Å²) in [5.41, 5.74) is 13.5. The van der Waals surface area contributed by atoms with E-state index >= 15 is 0 Å². The topological polar surface area (TPSA) is 0 Å². The van der Waals surface area contributed by atoms with Crippen LogP contribution in [0.4, 0.5) is 0 Å². The smallest absolute Gasteiger partial charge is 0.0579 e. The first-order valence-electron chi connectivity index (χ1n) is 12.3. The van der Waals surface area contributed by atoms with Crippen LogP contribution in [0.1, 0.15) is 74.9 Å². The normalized spacial score (nSPS) is 15.1. The molecule has 0 amide bonds. The van der Waals surface area contributed by atoms with Gasteiger partial charge in [-0.1, -0.05) is 122 Å². The van der Waals surface area contributed by atoms with Crippen LogP contribution in [0.2, 0.25) is 0 Å². The van der Waals surface area contributed by atoms with Crippen molar-refractivity contribution >= 4 is 31.9 Å². The average Bonchev–Trinajstić information content (AvgIpc) is 3.23. The molecule has 2 aliphatic carbocycles. The van der Waals surface area contributed by atoms with Crippen molar-refractivity contribution in [3.05, 3.63) is 115 Å². The van der Waals surface area contributed by atoms with E-state index < -0.39 is 0 Å². The van der Waals surface area contributed by atoms with Crippen molar-refractivity contribution in [2.75, 3.05) is 0 Å². The molecule has 0 saturated heterocycles. The number of benzene rings is 4. The van der Waals surface area contributed by atoms with Gasteiger partial charge < -0.3 is 0 Å². The Hall–Kier alpha value is -2.16. The minimum absolute atomic E-state index is 0.0698. The highest BCUT2D eigenvalue weighted by Gasteiger charge is 2.52. The third kappa shape index (κ3) is 3.22. The monoisotopic (exact) mass is 584 g/mol. The molecule has 4 aromatic rings. The molecule has 0 aliphatic heterocycles. The van der Waals surface area contributed by atoms with E-state index in [1.54, 1.807) is 0 Å². The molecule has 0 unspecified atom stereocenters. The van der Waals surface area contributed by atoms with Crippen molar-refractivity contribution in [2.24, 2.45) is 0 Å². The van der Waals surface area contributed by atoms with Gasteiger partial charge in [0.15, 0.2) is 0 Å². The maximum Gasteiger partial charge on any atom is 0.0726 e. The molecule has 4 aromatic carbocycles. The number of hydrogen-bond acceptors (Lipinski definition) is 0. The third-order valence-corrected chi connectivity index (χ3v) is 8.92. The highest BCUT2D eigenvalue weighted by atomic mass is 79.9. The van der Waals surface area contributed by atoms with Gasteiger partial charge in [0.1, 0.15) is 0 Å². The summed E-state index contributed by atoms with van der Waals surface area (Å²) in [5.74, 6) is 0. The predicted molar refractivity (Wildman–Crippen MR) is 156 cm³/mol. The Labute approximate surface area is 226 Å². The third-order valence-electron chi connectivity index (χ3n) is 7.93. The van der Waals surface area contributed by atoms with Crippen LogP contribution in [-0.2, 0) is 16.2 Å². The number of rotatable bonds is 0. The summed E-state index contributed by atoms with van der Waals surface area (Å²) < 4.78 is 2.24. The molecule has 0 nitrogen and oxygen atoms in total. The van der Waals surface area contributed by atoms with E-state index in [4.69, 9.17) is 0 Å². The van der Waals surface area contributed by atoms with Crippen LogP contribution in [0.15, 0.2) is 81.7 Å². The number of halogens is 2. The molecule has 0 fully saturated rings. The Morgan fingerprint density at radius 3 is 1.11 bits per heavy atom. The summed E-state index contributed by atoms with van der Waals surface area (Å²) >= 11 is 7.64. The van der Waals surface area contributed by atoms with Gasteiger partial charge in [-0.2, -0.15) is 0 Å². The summed E-state index contributed by atoms with van der Waals surface area (Å²) in [6.45, 7) is 13.9. The van der Waals surface area contributed by atoms with E-state index in [-0.39, 0.29) is 16.2 Å². The van der Waals surface area contributed by atoms with Gasteiger partial charge in [0, 0.05) is 8.95 Å². The van der Waals surface area contributed by atoms with Crippen LogP contribution in [-0.4, -0.2) is 0 Å². The molecule has 0 N–H and O–H groups in total. The molecule has 0 aromatic heterocycles. The number of hydrogen-bond donors (Lipinski definition) is 0. The van der Waals surface area contributed by atoms with Gasteiger partial charge in [-0.25, -0.2) is 0 Å². The molecule has 0 radical (unpaired) electrons. The fourth-order valence-corrected chi connectivity index (χ4v) is 6.83. The lowest BCUT2D eigenvalue weighted by atomic mass is 9.69.